The molecule has 0 unspecified atom stereocenters. The summed E-state index contributed by atoms with van der Waals surface area (Å²) in [5.41, 5.74) is 1.30. The number of halogens is 1. The molecule has 0 aromatic heterocycles. The van der Waals surface area contributed by atoms with Gasteiger partial charge in [-0.3, -0.25) is 9.89 Å². The summed E-state index contributed by atoms with van der Waals surface area (Å²) in [7, 11) is 2.09. The summed E-state index contributed by atoms with van der Waals surface area (Å²) in [6.07, 6.45) is 1.09. The second-order valence-corrected chi connectivity index (χ2v) is 5.88. The molecule has 0 radical (unpaired) electrons. The lowest BCUT2D eigenvalue weighted by Gasteiger charge is -2.26. The summed E-state index contributed by atoms with van der Waals surface area (Å²) in [4.78, 5) is 9.41. The molecule has 1 N–H and O–H groups in total. The van der Waals surface area contributed by atoms with E-state index in [0.29, 0.717) is 0 Å². The summed E-state index contributed by atoms with van der Waals surface area (Å²) < 4.78 is 5.38. The molecule has 1 heterocycles. The van der Waals surface area contributed by atoms with Crippen LogP contribution in [-0.2, 0) is 11.3 Å². The predicted octanol–water partition coefficient (Wildman–Crippen LogP) is 2.42. The van der Waals surface area contributed by atoms with E-state index in [0.717, 1.165) is 64.9 Å². The number of rotatable bonds is 7. The summed E-state index contributed by atoms with van der Waals surface area (Å²) >= 11 is 0. The van der Waals surface area contributed by atoms with Gasteiger partial charge in [0.05, 0.1) is 13.2 Å². The standard InChI is InChI=1S/C18H30N4O.HI/c1-3-19-18(21(2)16-17-8-5-4-6-9-17)20-10-7-11-22-12-14-23-15-13-22;/h4-6,8-9H,3,7,10-16H2,1-2H3,(H,19,20);1H. The zero-order valence-electron chi connectivity index (χ0n) is 14.9. The molecule has 0 bridgehead atoms. The monoisotopic (exact) mass is 446 g/mol. The molecule has 2 rings (SSSR count). The molecule has 0 spiro atoms. The SMILES string of the molecule is CCNC(=NCCCN1CCOCC1)N(C)Cc1ccccc1.I. The van der Waals surface area contributed by atoms with E-state index in [1.165, 1.54) is 5.56 Å². The van der Waals surface area contributed by atoms with Gasteiger partial charge in [-0.25, -0.2) is 0 Å². The van der Waals surface area contributed by atoms with E-state index in [2.05, 4.69) is 59.4 Å². The van der Waals surface area contributed by atoms with Crippen LogP contribution >= 0.6 is 24.0 Å². The first-order chi connectivity index (χ1) is 11.3. The maximum atomic E-state index is 5.38. The topological polar surface area (TPSA) is 40.1 Å². The number of aliphatic imine (C=N–C) groups is 1. The van der Waals surface area contributed by atoms with Gasteiger partial charge in [0, 0.05) is 46.3 Å². The van der Waals surface area contributed by atoms with Crippen LogP contribution in [0.1, 0.15) is 18.9 Å². The van der Waals surface area contributed by atoms with Gasteiger partial charge < -0.3 is 15.0 Å². The second-order valence-electron chi connectivity index (χ2n) is 5.88. The van der Waals surface area contributed by atoms with Crippen molar-refractivity contribution in [1.82, 2.24) is 15.1 Å². The maximum absolute atomic E-state index is 5.38. The van der Waals surface area contributed by atoms with Gasteiger partial charge in [-0.1, -0.05) is 30.3 Å². The van der Waals surface area contributed by atoms with Gasteiger partial charge in [-0.05, 0) is 18.9 Å². The average Bonchev–Trinajstić information content (AvgIpc) is 2.59. The van der Waals surface area contributed by atoms with E-state index in [4.69, 9.17) is 9.73 Å². The Labute approximate surface area is 163 Å². The molecule has 1 aromatic rings. The molecular weight excluding hydrogens is 415 g/mol. The number of ether oxygens (including phenoxy) is 1. The number of morpholine rings is 1. The lowest BCUT2D eigenvalue weighted by molar-refractivity contribution is 0.0377. The number of nitrogens with zero attached hydrogens (tertiary/aromatic N) is 3. The summed E-state index contributed by atoms with van der Waals surface area (Å²) in [5, 5.41) is 3.38. The quantitative estimate of drug-likeness (QED) is 0.302. The van der Waals surface area contributed by atoms with Crippen molar-refractivity contribution < 1.29 is 4.74 Å². The molecule has 24 heavy (non-hydrogen) atoms. The number of hydrogen-bond donors (Lipinski definition) is 1. The zero-order chi connectivity index (χ0) is 16.3. The largest absolute Gasteiger partial charge is 0.379 e. The smallest absolute Gasteiger partial charge is 0.193 e. The number of hydrogen-bond acceptors (Lipinski definition) is 3. The van der Waals surface area contributed by atoms with Gasteiger partial charge in [0.1, 0.15) is 0 Å². The summed E-state index contributed by atoms with van der Waals surface area (Å²) in [6.45, 7) is 9.68. The minimum Gasteiger partial charge on any atom is -0.379 e. The molecule has 6 heteroatoms. The Morgan fingerprint density at radius 3 is 2.62 bits per heavy atom. The molecule has 0 atom stereocenters. The molecule has 1 aliphatic heterocycles. The van der Waals surface area contributed by atoms with Crippen molar-refractivity contribution in [2.75, 3.05) is 53.0 Å². The molecule has 1 aromatic carbocycles. The molecule has 1 saturated heterocycles. The summed E-state index contributed by atoms with van der Waals surface area (Å²) in [5.74, 6) is 0.985. The Kier molecular flexibility index (Phi) is 11.0. The van der Waals surface area contributed by atoms with Crippen molar-refractivity contribution in [1.29, 1.82) is 0 Å². The normalized spacial score (nSPS) is 15.7. The van der Waals surface area contributed by atoms with Crippen molar-refractivity contribution in [3.63, 3.8) is 0 Å². The first-order valence-corrected chi connectivity index (χ1v) is 8.63. The van der Waals surface area contributed by atoms with Crippen LogP contribution in [0.15, 0.2) is 35.3 Å². The number of benzene rings is 1. The van der Waals surface area contributed by atoms with E-state index >= 15 is 0 Å². The third-order valence-corrected chi connectivity index (χ3v) is 3.96. The van der Waals surface area contributed by atoms with E-state index in [1.807, 2.05) is 0 Å². The minimum absolute atomic E-state index is 0. The lowest BCUT2D eigenvalue weighted by atomic mass is 10.2. The molecule has 0 aliphatic carbocycles. The average molecular weight is 446 g/mol. The molecule has 136 valence electrons. The highest BCUT2D eigenvalue weighted by atomic mass is 127. The van der Waals surface area contributed by atoms with E-state index in [-0.39, 0.29) is 24.0 Å². The van der Waals surface area contributed by atoms with Crippen LogP contribution in [0, 0.1) is 0 Å². The fraction of sp³-hybridized carbons (Fsp3) is 0.611. The predicted molar refractivity (Wildman–Crippen MR) is 111 cm³/mol. The van der Waals surface area contributed by atoms with Crippen LogP contribution in [0.25, 0.3) is 0 Å². The highest BCUT2D eigenvalue weighted by Gasteiger charge is 2.10. The fourth-order valence-electron chi connectivity index (χ4n) is 2.71. The lowest BCUT2D eigenvalue weighted by Crippen LogP contribution is -2.39. The molecule has 5 nitrogen and oxygen atoms in total. The maximum Gasteiger partial charge on any atom is 0.193 e. The van der Waals surface area contributed by atoms with Gasteiger partial charge in [0.25, 0.3) is 0 Å². The van der Waals surface area contributed by atoms with Gasteiger partial charge in [0.2, 0.25) is 0 Å². The second kappa shape index (κ2) is 12.5. The zero-order valence-corrected chi connectivity index (χ0v) is 17.2. The number of nitrogens with one attached hydrogen (secondary N) is 1. The van der Waals surface area contributed by atoms with Crippen LogP contribution in [0.5, 0.6) is 0 Å². The van der Waals surface area contributed by atoms with Crippen LogP contribution in [0.4, 0.5) is 0 Å². The molecule has 0 amide bonds. The van der Waals surface area contributed by atoms with Gasteiger partial charge >= 0.3 is 0 Å². The Morgan fingerprint density at radius 1 is 1.25 bits per heavy atom. The van der Waals surface area contributed by atoms with E-state index < -0.39 is 0 Å². The molecule has 0 saturated carbocycles. The molecule has 1 fully saturated rings. The van der Waals surface area contributed by atoms with E-state index in [1.54, 1.807) is 0 Å². The van der Waals surface area contributed by atoms with Gasteiger partial charge in [-0.2, -0.15) is 0 Å². The van der Waals surface area contributed by atoms with Crippen molar-refractivity contribution in [2.24, 2.45) is 4.99 Å². The third kappa shape index (κ3) is 7.81. The Balaban J connectivity index is 0.00000288. The Bertz CT molecular complexity index is 463. The van der Waals surface area contributed by atoms with Crippen molar-refractivity contribution in [3.05, 3.63) is 35.9 Å². The first kappa shape index (κ1) is 21.2. The molecule has 1 aliphatic rings. The Hall–Kier alpha value is -0.860. The highest BCUT2D eigenvalue weighted by Crippen LogP contribution is 2.03. The van der Waals surface area contributed by atoms with Crippen molar-refractivity contribution in [2.45, 2.75) is 19.9 Å². The third-order valence-electron chi connectivity index (χ3n) is 3.96. The Morgan fingerprint density at radius 2 is 1.96 bits per heavy atom. The summed E-state index contributed by atoms with van der Waals surface area (Å²) in [6, 6.07) is 10.5. The van der Waals surface area contributed by atoms with E-state index in [9.17, 15) is 0 Å². The minimum atomic E-state index is 0. The van der Waals surface area contributed by atoms with Gasteiger partial charge in [0.15, 0.2) is 5.96 Å². The van der Waals surface area contributed by atoms with Crippen LogP contribution in [0.2, 0.25) is 0 Å². The first-order valence-electron chi connectivity index (χ1n) is 8.63. The fourth-order valence-corrected chi connectivity index (χ4v) is 2.71. The van der Waals surface area contributed by atoms with Crippen LogP contribution < -0.4 is 5.32 Å². The molecular formula is C18H31IN4O. The van der Waals surface area contributed by atoms with Crippen LogP contribution in [0.3, 0.4) is 0 Å². The van der Waals surface area contributed by atoms with Crippen LogP contribution in [-0.4, -0.2) is 68.7 Å². The highest BCUT2D eigenvalue weighted by molar-refractivity contribution is 14.0. The van der Waals surface area contributed by atoms with Crippen molar-refractivity contribution >= 4 is 29.9 Å². The van der Waals surface area contributed by atoms with Crippen molar-refractivity contribution in [3.8, 4) is 0 Å². The number of guanidine groups is 1. The van der Waals surface area contributed by atoms with Gasteiger partial charge in [-0.15, -0.1) is 24.0 Å².